The van der Waals surface area contributed by atoms with Gasteiger partial charge < -0.3 is 24.9 Å². The number of anilines is 1. The van der Waals surface area contributed by atoms with Gasteiger partial charge in [0.15, 0.2) is 0 Å². The molecule has 2 heterocycles. The van der Waals surface area contributed by atoms with Gasteiger partial charge in [0.2, 0.25) is 0 Å². The van der Waals surface area contributed by atoms with Gasteiger partial charge in [0.05, 0.1) is 13.2 Å². The zero-order chi connectivity index (χ0) is 27.1. The third-order valence-electron chi connectivity index (χ3n) is 6.86. The van der Waals surface area contributed by atoms with Crippen molar-refractivity contribution in [3.63, 3.8) is 0 Å². The number of fused-ring (bicyclic) bond motifs is 1. The minimum atomic E-state index is -0.633. The quantitative estimate of drug-likeness (QED) is 0.270. The molecule has 0 bridgehead atoms. The highest BCUT2D eigenvalue weighted by Gasteiger charge is 2.24. The van der Waals surface area contributed by atoms with Crippen molar-refractivity contribution < 1.29 is 19.1 Å². The van der Waals surface area contributed by atoms with E-state index in [1.54, 1.807) is 26.8 Å². The van der Waals surface area contributed by atoms with E-state index in [0.29, 0.717) is 23.5 Å². The Kier molecular flexibility index (Phi) is 8.85. The lowest BCUT2D eigenvalue weighted by Gasteiger charge is -2.26. The standard InChI is InChI=1S/C30H36N4O4/c1-21(26(20-31)29(36)33-30(2,3)10-15-35)27-8-9-28(38-27)24-5-4-23-19-25(7-6-22(23)18-24)32-11-12-34-13-16-37-17-14-34/h4-9,18-19,32,35H,10-17H2,1-3H3,(H,33,36)/b26-21+. The Morgan fingerprint density at radius 1 is 1.11 bits per heavy atom. The summed E-state index contributed by atoms with van der Waals surface area (Å²) < 4.78 is 11.5. The first-order valence-electron chi connectivity index (χ1n) is 13.0. The van der Waals surface area contributed by atoms with Crippen LogP contribution in [0.25, 0.3) is 27.7 Å². The molecule has 8 heteroatoms. The molecule has 2 aromatic carbocycles. The molecular weight excluding hydrogens is 480 g/mol. The van der Waals surface area contributed by atoms with Crippen LogP contribution >= 0.6 is 0 Å². The minimum Gasteiger partial charge on any atom is -0.456 e. The van der Waals surface area contributed by atoms with E-state index in [1.807, 2.05) is 18.2 Å². The number of aliphatic hydroxyl groups is 1. The van der Waals surface area contributed by atoms with Crippen LogP contribution < -0.4 is 10.6 Å². The summed E-state index contributed by atoms with van der Waals surface area (Å²) in [7, 11) is 0. The molecule has 1 saturated heterocycles. The summed E-state index contributed by atoms with van der Waals surface area (Å²) in [4.78, 5) is 15.2. The maximum atomic E-state index is 12.7. The van der Waals surface area contributed by atoms with Crippen LogP contribution in [0.1, 0.15) is 33.0 Å². The number of amides is 1. The van der Waals surface area contributed by atoms with Crippen LogP contribution in [0.2, 0.25) is 0 Å². The van der Waals surface area contributed by atoms with Gasteiger partial charge in [0, 0.05) is 55.1 Å². The number of aliphatic hydroxyl groups excluding tert-OH is 1. The highest BCUT2D eigenvalue weighted by molar-refractivity contribution is 6.04. The Bertz CT molecular complexity index is 1350. The zero-order valence-corrected chi connectivity index (χ0v) is 22.3. The Labute approximate surface area is 223 Å². The highest BCUT2D eigenvalue weighted by atomic mass is 16.5. The number of hydrogen-bond donors (Lipinski definition) is 3. The lowest BCUT2D eigenvalue weighted by molar-refractivity contribution is -0.118. The molecule has 4 rings (SSSR count). The zero-order valence-electron chi connectivity index (χ0n) is 22.3. The van der Waals surface area contributed by atoms with Crippen LogP contribution in [0.3, 0.4) is 0 Å². The van der Waals surface area contributed by atoms with Crippen LogP contribution in [-0.4, -0.2) is 67.5 Å². The topological polar surface area (TPSA) is 111 Å². The summed E-state index contributed by atoms with van der Waals surface area (Å²) in [5, 5.41) is 27.4. The normalized spacial score (nSPS) is 15.1. The SMILES string of the molecule is C/C(=C(/C#N)C(=O)NC(C)(C)CCO)c1ccc(-c2ccc3cc(NCCN4CCOCC4)ccc3c2)o1. The lowest BCUT2D eigenvalue weighted by atomic mass is 9.99. The Balaban J connectivity index is 1.46. The number of carbonyl (C=O) groups excluding carboxylic acids is 1. The Hall–Kier alpha value is -3.64. The van der Waals surface area contributed by atoms with E-state index in [-0.39, 0.29) is 12.2 Å². The molecule has 1 fully saturated rings. The monoisotopic (exact) mass is 516 g/mol. The van der Waals surface area contributed by atoms with Gasteiger partial charge in [-0.2, -0.15) is 5.26 Å². The van der Waals surface area contributed by atoms with E-state index in [4.69, 9.17) is 9.15 Å². The number of nitrogens with zero attached hydrogens (tertiary/aromatic N) is 2. The molecule has 3 aromatic rings. The number of carbonyl (C=O) groups is 1. The molecule has 0 unspecified atom stereocenters. The highest BCUT2D eigenvalue weighted by Crippen LogP contribution is 2.30. The second-order valence-electron chi connectivity index (χ2n) is 10.2. The molecule has 1 aromatic heterocycles. The number of furan rings is 1. The van der Waals surface area contributed by atoms with Gasteiger partial charge in [-0.1, -0.05) is 18.2 Å². The predicted octanol–water partition coefficient (Wildman–Crippen LogP) is 4.42. The van der Waals surface area contributed by atoms with Crippen LogP contribution in [0, 0.1) is 11.3 Å². The molecule has 0 spiro atoms. The number of nitrogens with one attached hydrogen (secondary N) is 2. The number of hydrogen-bond acceptors (Lipinski definition) is 7. The summed E-state index contributed by atoms with van der Waals surface area (Å²) in [6.07, 6.45) is 0.384. The summed E-state index contributed by atoms with van der Waals surface area (Å²) >= 11 is 0. The fourth-order valence-corrected chi connectivity index (χ4v) is 4.53. The van der Waals surface area contributed by atoms with Gasteiger partial charge in [-0.25, -0.2) is 0 Å². The average molecular weight is 517 g/mol. The Morgan fingerprint density at radius 2 is 1.84 bits per heavy atom. The van der Waals surface area contributed by atoms with Gasteiger partial charge in [-0.05, 0) is 68.3 Å². The van der Waals surface area contributed by atoms with Crippen molar-refractivity contribution in [3.05, 3.63) is 59.9 Å². The second-order valence-corrected chi connectivity index (χ2v) is 10.2. The number of nitriles is 1. The average Bonchev–Trinajstić information content (AvgIpc) is 3.39. The van der Waals surface area contributed by atoms with Crippen LogP contribution in [-0.2, 0) is 9.53 Å². The fraction of sp³-hybridized carbons (Fsp3) is 0.400. The lowest BCUT2D eigenvalue weighted by Crippen LogP contribution is -2.44. The number of ether oxygens (including phenoxy) is 1. The summed E-state index contributed by atoms with van der Waals surface area (Å²) in [6.45, 7) is 10.7. The van der Waals surface area contributed by atoms with Crippen molar-refractivity contribution in [2.45, 2.75) is 32.7 Å². The van der Waals surface area contributed by atoms with E-state index in [2.05, 4.69) is 45.9 Å². The molecule has 0 radical (unpaired) electrons. The third-order valence-corrected chi connectivity index (χ3v) is 6.86. The summed E-state index contributed by atoms with van der Waals surface area (Å²) in [6, 6.07) is 18.1. The van der Waals surface area contributed by atoms with Crippen molar-refractivity contribution in [2.75, 3.05) is 51.3 Å². The van der Waals surface area contributed by atoms with Crippen molar-refractivity contribution >= 4 is 27.9 Å². The molecule has 38 heavy (non-hydrogen) atoms. The van der Waals surface area contributed by atoms with E-state index in [1.165, 1.54) is 0 Å². The minimum absolute atomic E-state index is 0.0101. The first-order valence-corrected chi connectivity index (χ1v) is 13.0. The molecule has 0 aliphatic carbocycles. The van der Waals surface area contributed by atoms with Gasteiger partial charge in [0.25, 0.3) is 5.91 Å². The molecular formula is C30H36N4O4. The smallest absolute Gasteiger partial charge is 0.262 e. The largest absolute Gasteiger partial charge is 0.456 e. The van der Waals surface area contributed by atoms with Crippen molar-refractivity contribution in [1.82, 2.24) is 10.2 Å². The van der Waals surface area contributed by atoms with E-state index in [9.17, 15) is 15.2 Å². The van der Waals surface area contributed by atoms with E-state index in [0.717, 1.165) is 61.4 Å². The molecule has 8 nitrogen and oxygen atoms in total. The number of allylic oxidation sites excluding steroid dienone is 1. The second kappa shape index (κ2) is 12.3. The summed E-state index contributed by atoms with van der Waals surface area (Å²) in [5.41, 5.74) is 1.82. The predicted molar refractivity (Wildman–Crippen MR) is 150 cm³/mol. The number of benzene rings is 2. The first-order chi connectivity index (χ1) is 18.3. The van der Waals surface area contributed by atoms with Crippen molar-refractivity contribution in [3.8, 4) is 17.4 Å². The third kappa shape index (κ3) is 6.81. The first kappa shape index (κ1) is 27.4. The van der Waals surface area contributed by atoms with Gasteiger partial charge >= 0.3 is 0 Å². The molecule has 200 valence electrons. The fourth-order valence-electron chi connectivity index (χ4n) is 4.53. The van der Waals surface area contributed by atoms with E-state index < -0.39 is 11.4 Å². The van der Waals surface area contributed by atoms with E-state index >= 15 is 0 Å². The molecule has 1 aliphatic heterocycles. The van der Waals surface area contributed by atoms with Crippen LogP contribution in [0.15, 0.2) is 58.5 Å². The van der Waals surface area contributed by atoms with Crippen LogP contribution in [0.4, 0.5) is 5.69 Å². The van der Waals surface area contributed by atoms with Crippen LogP contribution in [0.5, 0.6) is 0 Å². The van der Waals surface area contributed by atoms with Gasteiger partial charge in [0.1, 0.15) is 23.2 Å². The number of rotatable bonds is 10. The maximum absolute atomic E-state index is 12.7. The van der Waals surface area contributed by atoms with Gasteiger partial charge in [-0.15, -0.1) is 0 Å². The Morgan fingerprint density at radius 3 is 2.58 bits per heavy atom. The molecule has 3 N–H and O–H groups in total. The maximum Gasteiger partial charge on any atom is 0.262 e. The van der Waals surface area contributed by atoms with Crippen molar-refractivity contribution in [1.29, 1.82) is 5.26 Å². The molecule has 0 atom stereocenters. The molecule has 1 amide bonds. The molecule has 1 aliphatic rings. The number of morpholine rings is 1. The van der Waals surface area contributed by atoms with Crippen molar-refractivity contribution in [2.24, 2.45) is 0 Å². The summed E-state index contributed by atoms with van der Waals surface area (Å²) in [5.74, 6) is 0.639. The molecule has 0 saturated carbocycles. The van der Waals surface area contributed by atoms with Gasteiger partial charge in [-0.3, -0.25) is 9.69 Å².